The lowest BCUT2D eigenvalue weighted by Crippen LogP contribution is -2.25. The van der Waals surface area contributed by atoms with Crippen molar-refractivity contribution in [2.45, 2.75) is 33.1 Å². The van der Waals surface area contributed by atoms with E-state index < -0.39 is 0 Å². The van der Waals surface area contributed by atoms with Crippen LogP contribution in [0.1, 0.15) is 32.6 Å². The van der Waals surface area contributed by atoms with Crippen LogP contribution in [0.2, 0.25) is 0 Å². The SMILES string of the molecule is CC(C)CCNC(=O)CCc1nc(-c2ccc(N(C)C)cc2)no1. The third-order valence-corrected chi connectivity index (χ3v) is 3.72. The summed E-state index contributed by atoms with van der Waals surface area (Å²) >= 11 is 0. The van der Waals surface area contributed by atoms with Gasteiger partial charge in [-0.1, -0.05) is 19.0 Å². The van der Waals surface area contributed by atoms with E-state index in [0.717, 1.165) is 17.7 Å². The van der Waals surface area contributed by atoms with Gasteiger partial charge in [-0.25, -0.2) is 0 Å². The van der Waals surface area contributed by atoms with Crippen molar-refractivity contribution < 1.29 is 9.32 Å². The lowest BCUT2D eigenvalue weighted by molar-refractivity contribution is -0.121. The van der Waals surface area contributed by atoms with Crippen molar-refractivity contribution in [3.63, 3.8) is 0 Å². The fraction of sp³-hybridized carbons (Fsp3) is 0.500. The van der Waals surface area contributed by atoms with Crippen molar-refractivity contribution in [2.75, 3.05) is 25.5 Å². The molecule has 1 aromatic heterocycles. The van der Waals surface area contributed by atoms with Crippen LogP contribution in [0.3, 0.4) is 0 Å². The zero-order valence-corrected chi connectivity index (χ0v) is 14.9. The average molecular weight is 330 g/mol. The fourth-order valence-electron chi connectivity index (χ4n) is 2.19. The summed E-state index contributed by atoms with van der Waals surface area (Å²) in [5.74, 6) is 1.64. The van der Waals surface area contributed by atoms with Crippen LogP contribution in [0.15, 0.2) is 28.8 Å². The van der Waals surface area contributed by atoms with Gasteiger partial charge >= 0.3 is 0 Å². The lowest BCUT2D eigenvalue weighted by Gasteiger charge is -2.11. The number of carbonyl (C=O) groups is 1. The monoisotopic (exact) mass is 330 g/mol. The third-order valence-electron chi connectivity index (χ3n) is 3.72. The van der Waals surface area contributed by atoms with Crippen LogP contribution in [0, 0.1) is 5.92 Å². The first-order valence-electron chi connectivity index (χ1n) is 8.32. The molecule has 0 unspecified atom stereocenters. The number of nitrogens with one attached hydrogen (secondary N) is 1. The van der Waals surface area contributed by atoms with Crippen LogP contribution < -0.4 is 10.2 Å². The summed E-state index contributed by atoms with van der Waals surface area (Å²) in [7, 11) is 3.99. The highest BCUT2D eigenvalue weighted by Gasteiger charge is 2.11. The first kappa shape index (κ1) is 18.0. The molecule has 0 fully saturated rings. The van der Waals surface area contributed by atoms with Crippen LogP contribution in [0.25, 0.3) is 11.4 Å². The summed E-state index contributed by atoms with van der Waals surface area (Å²) in [6.07, 6.45) is 1.80. The highest BCUT2D eigenvalue weighted by atomic mass is 16.5. The Bertz CT molecular complexity index is 647. The Labute approximate surface area is 143 Å². The van der Waals surface area contributed by atoms with Crippen molar-refractivity contribution in [2.24, 2.45) is 5.92 Å². The molecule has 1 heterocycles. The average Bonchev–Trinajstić information content (AvgIpc) is 3.01. The lowest BCUT2D eigenvalue weighted by atomic mass is 10.1. The van der Waals surface area contributed by atoms with E-state index in [1.54, 1.807) is 0 Å². The van der Waals surface area contributed by atoms with E-state index in [0.29, 0.717) is 37.0 Å². The molecule has 0 atom stereocenters. The van der Waals surface area contributed by atoms with Gasteiger partial charge in [-0.15, -0.1) is 0 Å². The Kier molecular flexibility index (Phi) is 6.35. The van der Waals surface area contributed by atoms with Gasteiger partial charge < -0.3 is 14.7 Å². The Hall–Kier alpha value is -2.37. The summed E-state index contributed by atoms with van der Waals surface area (Å²) in [5, 5.41) is 6.90. The van der Waals surface area contributed by atoms with Crippen molar-refractivity contribution in [3.05, 3.63) is 30.2 Å². The second-order valence-electron chi connectivity index (χ2n) is 6.49. The number of hydrogen-bond donors (Lipinski definition) is 1. The predicted octanol–water partition coefficient (Wildman–Crippen LogP) is 2.90. The Morgan fingerprint density at radius 2 is 1.96 bits per heavy atom. The van der Waals surface area contributed by atoms with Gasteiger partial charge in [0.15, 0.2) is 0 Å². The zero-order chi connectivity index (χ0) is 17.5. The molecule has 1 N–H and O–H groups in total. The van der Waals surface area contributed by atoms with Crippen LogP contribution >= 0.6 is 0 Å². The maximum Gasteiger partial charge on any atom is 0.227 e. The van der Waals surface area contributed by atoms with Crippen molar-refractivity contribution in [1.29, 1.82) is 0 Å². The first-order chi connectivity index (χ1) is 11.5. The molecule has 130 valence electrons. The van der Waals surface area contributed by atoms with Crippen molar-refractivity contribution >= 4 is 11.6 Å². The van der Waals surface area contributed by atoms with Gasteiger partial charge in [0.2, 0.25) is 17.6 Å². The number of rotatable bonds is 8. The van der Waals surface area contributed by atoms with Gasteiger partial charge in [0.05, 0.1) is 0 Å². The van der Waals surface area contributed by atoms with Gasteiger partial charge in [-0.05, 0) is 36.6 Å². The summed E-state index contributed by atoms with van der Waals surface area (Å²) < 4.78 is 5.24. The van der Waals surface area contributed by atoms with Gasteiger partial charge in [0.1, 0.15) is 0 Å². The standard InChI is InChI=1S/C18H26N4O2/c1-13(2)11-12-19-16(23)9-10-17-20-18(21-24-17)14-5-7-15(8-6-14)22(3)4/h5-8,13H,9-12H2,1-4H3,(H,19,23). The number of nitrogens with zero attached hydrogens (tertiary/aromatic N) is 3. The van der Waals surface area contributed by atoms with E-state index in [4.69, 9.17) is 4.52 Å². The smallest absolute Gasteiger partial charge is 0.227 e. The van der Waals surface area contributed by atoms with Crippen molar-refractivity contribution in [3.8, 4) is 11.4 Å². The molecular formula is C18H26N4O2. The fourth-order valence-corrected chi connectivity index (χ4v) is 2.19. The first-order valence-corrected chi connectivity index (χ1v) is 8.32. The van der Waals surface area contributed by atoms with Crippen LogP contribution in [0.5, 0.6) is 0 Å². The number of benzene rings is 1. The largest absolute Gasteiger partial charge is 0.378 e. The van der Waals surface area contributed by atoms with Crippen LogP contribution in [0.4, 0.5) is 5.69 Å². The van der Waals surface area contributed by atoms with E-state index >= 15 is 0 Å². The molecule has 6 heteroatoms. The molecule has 6 nitrogen and oxygen atoms in total. The maximum absolute atomic E-state index is 11.8. The molecule has 1 aromatic carbocycles. The normalized spacial score (nSPS) is 10.9. The van der Waals surface area contributed by atoms with E-state index in [1.807, 2.05) is 43.3 Å². The summed E-state index contributed by atoms with van der Waals surface area (Å²) in [6, 6.07) is 7.94. The second kappa shape index (κ2) is 8.47. The minimum absolute atomic E-state index is 0.0192. The highest BCUT2D eigenvalue weighted by molar-refractivity contribution is 5.76. The number of hydrogen-bond acceptors (Lipinski definition) is 5. The molecule has 0 bridgehead atoms. The molecular weight excluding hydrogens is 304 g/mol. The van der Waals surface area contributed by atoms with Crippen LogP contribution in [-0.2, 0) is 11.2 Å². The van der Waals surface area contributed by atoms with Gasteiger partial charge in [-0.2, -0.15) is 4.98 Å². The molecule has 0 aliphatic carbocycles. The minimum Gasteiger partial charge on any atom is -0.378 e. The molecule has 0 saturated carbocycles. The van der Waals surface area contributed by atoms with Gasteiger partial charge in [-0.3, -0.25) is 4.79 Å². The predicted molar refractivity (Wildman–Crippen MR) is 94.8 cm³/mol. The summed E-state index contributed by atoms with van der Waals surface area (Å²) in [4.78, 5) is 18.2. The molecule has 1 amide bonds. The number of aryl methyl sites for hydroxylation is 1. The van der Waals surface area contributed by atoms with Crippen LogP contribution in [-0.4, -0.2) is 36.7 Å². The van der Waals surface area contributed by atoms with E-state index in [1.165, 1.54) is 0 Å². The van der Waals surface area contributed by atoms with Gasteiger partial charge in [0.25, 0.3) is 0 Å². The molecule has 24 heavy (non-hydrogen) atoms. The molecule has 0 saturated heterocycles. The van der Waals surface area contributed by atoms with Crippen molar-refractivity contribution in [1.82, 2.24) is 15.5 Å². The number of carbonyl (C=O) groups excluding carboxylic acids is 1. The van der Waals surface area contributed by atoms with E-state index in [-0.39, 0.29) is 5.91 Å². The molecule has 0 aliphatic heterocycles. The summed E-state index contributed by atoms with van der Waals surface area (Å²) in [6.45, 7) is 4.98. The second-order valence-corrected chi connectivity index (χ2v) is 6.49. The van der Waals surface area contributed by atoms with Gasteiger partial charge in [0, 0.05) is 44.7 Å². The third kappa shape index (κ3) is 5.37. The Morgan fingerprint density at radius 1 is 1.25 bits per heavy atom. The van der Waals surface area contributed by atoms with E-state index in [9.17, 15) is 4.79 Å². The molecule has 2 aromatic rings. The molecule has 0 spiro atoms. The Balaban J connectivity index is 1.85. The zero-order valence-electron chi connectivity index (χ0n) is 14.9. The molecule has 0 radical (unpaired) electrons. The van der Waals surface area contributed by atoms with E-state index in [2.05, 4.69) is 29.3 Å². The number of amides is 1. The number of aromatic nitrogens is 2. The minimum atomic E-state index is 0.0192. The highest BCUT2D eigenvalue weighted by Crippen LogP contribution is 2.20. The Morgan fingerprint density at radius 3 is 2.58 bits per heavy atom. The maximum atomic E-state index is 11.8. The quantitative estimate of drug-likeness (QED) is 0.806. The summed E-state index contributed by atoms with van der Waals surface area (Å²) in [5.41, 5.74) is 2.01. The molecule has 0 aliphatic rings. The molecule has 2 rings (SSSR count). The number of anilines is 1. The topological polar surface area (TPSA) is 71.3 Å².